The largest absolute Gasteiger partial charge is 0.438 e. The average molecular weight is 492 g/mol. The highest BCUT2D eigenvalue weighted by Crippen LogP contribution is 2.42. The van der Waals surface area contributed by atoms with Crippen LogP contribution in [-0.2, 0) is 0 Å². The molecule has 1 aliphatic heterocycles. The molecule has 2 aromatic rings. The van der Waals surface area contributed by atoms with Crippen LogP contribution in [0.2, 0.25) is 0 Å². The van der Waals surface area contributed by atoms with Crippen LogP contribution in [0.3, 0.4) is 0 Å². The smallest absolute Gasteiger partial charge is 0.362 e. The van der Waals surface area contributed by atoms with Gasteiger partial charge in [-0.05, 0) is 45.8 Å². The van der Waals surface area contributed by atoms with Crippen molar-refractivity contribution in [3.63, 3.8) is 0 Å². The summed E-state index contributed by atoms with van der Waals surface area (Å²) >= 11 is 6.38. The fourth-order valence-corrected chi connectivity index (χ4v) is 3.41. The summed E-state index contributed by atoms with van der Waals surface area (Å²) in [5.41, 5.74) is -3.11. The minimum atomic E-state index is -5.08. The molecule has 1 heterocycles. The summed E-state index contributed by atoms with van der Waals surface area (Å²) in [6, 6.07) is 12.5. The molecule has 1 aliphatic rings. The van der Waals surface area contributed by atoms with E-state index in [2.05, 4.69) is 37.0 Å². The Labute approximate surface area is 163 Å². The van der Waals surface area contributed by atoms with Gasteiger partial charge in [0.1, 0.15) is 0 Å². The van der Waals surface area contributed by atoms with Gasteiger partial charge in [0.25, 0.3) is 11.6 Å². The highest BCUT2D eigenvalue weighted by Gasteiger charge is 2.63. The third-order valence-corrected chi connectivity index (χ3v) is 5.08. The molecule has 0 aliphatic carbocycles. The van der Waals surface area contributed by atoms with Gasteiger partial charge >= 0.3 is 6.18 Å². The molecule has 0 saturated heterocycles. The molecule has 0 saturated carbocycles. The number of hydrogen-bond donors (Lipinski definition) is 1. The zero-order valence-corrected chi connectivity index (χ0v) is 16.1. The van der Waals surface area contributed by atoms with Crippen molar-refractivity contribution in [1.29, 1.82) is 0 Å². The van der Waals surface area contributed by atoms with E-state index in [9.17, 15) is 23.1 Å². The SMILES string of the molecule is O=C(c1ccccc1Br)N1N=C(c2cccc(Br)c2)C[C@@]1(O)C(F)(F)F. The molecule has 9 heteroatoms. The number of hydrazone groups is 1. The standard InChI is InChI=1S/C17H11Br2F3N2O2/c18-11-5-3-4-10(8-11)14-9-16(26,17(20,21)22)24(23-14)15(25)12-6-1-2-7-13(12)19/h1-8,26H,9H2/t16-/m1/s1. The van der Waals surface area contributed by atoms with E-state index < -0.39 is 24.2 Å². The van der Waals surface area contributed by atoms with Crippen molar-refractivity contribution in [2.45, 2.75) is 18.3 Å². The van der Waals surface area contributed by atoms with Gasteiger partial charge in [-0.1, -0.05) is 40.2 Å². The monoisotopic (exact) mass is 490 g/mol. The zero-order chi connectivity index (χ0) is 19.1. The lowest BCUT2D eigenvalue weighted by atomic mass is 10.0. The fraction of sp³-hybridized carbons (Fsp3) is 0.176. The highest BCUT2D eigenvalue weighted by molar-refractivity contribution is 9.10. The number of halogens is 5. The van der Waals surface area contributed by atoms with Crippen LogP contribution in [0.4, 0.5) is 13.2 Å². The maximum absolute atomic E-state index is 13.6. The Morgan fingerprint density at radius 1 is 1.15 bits per heavy atom. The maximum atomic E-state index is 13.6. The zero-order valence-electron chi connectivity index (χ0n) is 13.0. The van der Waals surface area contributed by atoms with Gasteiger partial charge in [0.05, 0.1) is 17.7 Å². The van der Waals surface area contributed by atoms with Crippen molar-refractivity contribution in [2.75, 3.05) is 0 Å². The van der Waals surface area contributed by atoms with E-state index in [4.69, 9.17) is 0 Å². The molecule has 1 N–H and O–H groups in total. The topological polar surface area (TPSA) is 52.9 Å². The second-order valence-electron chi connectivity index (χ2n) is 5.64. The second kappa shape index (κ2) is 6.79. The number of hydrogen-bond acceptors (Lipinski definition) is 3. The van der Waals surface area contributed by atoms with Crippen LogP contribution in [0.1, 0.15) is 22.3 Å². The highest BCUT2D eigenvalue weighted by atomic mass is 79.9. The molecule has 0 radical (unpaired) electrons. The number of amides is 1. The molecule has 1 atom stereocenters. The first-order valence-corrected chi connectivity index (χ1v) is 8.94. The van der Waals surface area contributed by atoms with Crippen LogP contribution >= 0.6 is 31.9 Å². The molecule has 3 rings (SSSR count). The number of carbonyl (C=O) groups is 1. The number of nitrogens with zero attached hydrogens (tertiary/aromatic N) is 2. The Morgan fingerprint density at radius 3 is 2.46 bits per heavy atom. The van der Waals surface area contributed by atoms with Crippen molar-refractivity contribution in [3.8, 4) is 0 Å². The van der Waals surface area contributed by atoms with Gasteiger partial charge in [-0.2, -0.15) is 23.3 Å². The summed E-state index contributed by atoms with van der Waals surface area (Å²) in [4.78, 5) is 12.7. The van der Waals surface area contributed by atoms with Gasteiger partial charge in [-0.15, -0.1) is 0 Å². The number of alkyl halides is 3. The van der Waals surface area contributed by atoms with Crippen LogP contribution in [0.25, 0.3) is 0 Å². The first-order valence-electron chi connectivity index (χ1n) is 7.35. The first-order chi connectivity index (χ1) is 12.1. The van der Waals surface area contributed by atoms with Crippen molar-refractivity contribution < 1.29 is 23.1 Å². The molecular weight excluding hydrogens is 481 g/mol. The lowest BCUT2D eigenvalue weighted by Crippen LogP contribution is -2.56. The van der Waals surface area contributed by atoms with Crippen molar-refractivity contribution >= 4 is 43.5 Å². The number of aliphatic hydroxyl groups is 1. The minimum Gasteiger partial charge on any atom is -0.362 e. The summed E-state index contributed by atoms with van der Waals surface area (Å²) in [6.45, 7) is 0. The lowest BCUT2D eigenvalue weighted by Gasteiger charge is -2.32. The van der Waals surface area contributed by atoms with Crippen LogP contribution in [-0.4, -0.2) is 33.6 Å². The summed E-state index contributed by atoms with van der Waals surface area (Å²) in [6.07, 6.45) is -5.94. The molecule has 0 bridgehead atoms. The van der Waals surface area contributed by atoms with Crippen LogP contribution in [0, 0.1) is 0 Å². The Morgan fingerprint density at radius 2 is 1.85 bits per heavy atom. The number of rotatable bonds is 2. The van der Waals surface area contributed by atoms with E-state index in [-0.39, 0.29) is 16.3 Å². The van der Waals surface area contributed by atoms with E-state index in [0.29, 0.717) is 14.5 Å². The molecule has 1 amide bonds. The lowest BCUT2D eigenvalue weighted by molar-refractivity contribution is -0.297. The quantitative estimate of drug-likeness (QED) is 0.661. The van der Waals surface area contributed by atoms with E-state index in [1.54, 1.807) is 30.3 Å². The Hall–Kier alpha value is -1.71. The fourth-order valence-electron chi connectivity index (χ4n) is 2.56. The molecule has 0 spiro atoms. The summed E-state index contributed by atoms with van der Waals surface area (Å²) in [7, 11) is 0. The second-order valence-corrected chi connectivity index (χ2v) is 7.42. The van der Waals surface area contributed by atoms with Gasteiger partial charge in [0, 0.05) is 8.95 Å². The Kier molecular flexibility index (Phi) is 4.98. The van der Waals surface area contributed by atoms with Crippen LogP contribution in [0.15, 0.2) is 62.6 Å². The van der Waals surface area contributed by atoms with E-state index in [1.807, 2.05) is 0 Å². The van der Waals surface area contributed by atoms with E-state index in [0.717, 1.165) is 0 Å². The molecule has 2 aromatic carbocycles. The van der Waals surface area contributed by atoms with Gasteiger partial charge < -0.3 is 5.11 Å². The van der Waals surface area contributed by atoms with Gasteiger partial charge in [-0.25, -0.2) is 0 Å². The molecule has 0 fully saturated rings. The Balaban J connectivity index is 2.09. The molecule has 0 unspecified atom stereocenters. The van der Waals surface area contributed by atoms with Gasteiger partial charge in [0.2, 0.25) is 0 Å². The minimum absolute atomic E-state index is 0.0329. The predicted octanol–water partition coefficient (Wildman–Crippen LogP) is 4.71. The predicted molar refractivity (Wildman–Crippen MR) is 96.6 cm³/mol. The molecule has 136 valence electrons. The average Bonchev–Trinajstić information content (AvgIpc) is 2.94. The third-order valence-electron chi connectivity index (χ3n) is 3.89. The third kappa shape index (κ3) is 3.30. The van der Waals surface area contributed by atoms with Crippen molar-refractivity contribution in [1.82, 2.24) is 5.01 Å². The van der Waals surface area contributed by atoms with Crippen LogP contribution in [0.5, 0.6) is 0 Å². The van der Waals surface area contributed by atoms with Crippen molar-refractivity contribution in [3.05, 3.63) is 68.6 Å². The molecule has 26 heavy (non-hydrogen) atoms. The van der Waals surface area contributed by atoms with Gasteiger partial charge in [0.15, 0.2) is 0 Å². The molecule has 4 nitrogen and oxygen atoms in total. The Bertz CT molecular complexity index is 902. The van der Waals surface area contributed by atoms with Crippen molar-refractivity contribution in [2.24, 2.45) is 5.10 Å². The normalized spacial score (nSPS) is 20.2. The van der Waals surface area contributed by atoms with E-state index >= 15 is 0 Å². The van der Waals surface area contributed by atoms with Gasteiger partial charge in [-0.3, -0.25) is 4.79 Å². The summed E-state index contributed by atoms with van der Waals surface area (Å²) in [5.74, 6) is -1.05. The maximum Gasteiger partial charge on any atom is 0.438 e. The number of carbonyl (C=O) groups excluding carboxylic acids is 1. The summed E-state index contributed by atoms with van der Waals surface area (Å²) < 4.78 is 41.8. The first kappa shape index (κ1) is 19.1. The van der Waals surface area contributed by atoms with E-state index in [1.165, 1.54) is 18.2 Å². The molecular formula is C17H11Br2F3N2O2. The van der Waals surface area contributed by atoms with Crippen LogP contribution < -0.4 is 0 Å². The summed E-state index contributed by atoms with van der Waals surface area (Å²) in [5, 5.41) is 14.3. The molecule has 0 aromatic heterocycles. The number of benzene rings is 2.